The van der Waals surface area contributed by atoms with E-state index in [1.807, 2.05) is 0 Å². The fourth-order valence-corrected chi connectivity index (χ4v) is 4.27. The van der Waals surface area contributed by atoms with Crippen LogP contribution >= 0.6 is 0 Å². The number of ketones is 1. The number of Topliss-reactive ketones (excluding diaryl/α,β-unsaturated/α-hetero) is 1. The van der Waals surface area contributed by atoms with E-state index in [1.165, 1.54) is 23.5 Å². The van der Waals surface area contributed by atoms with E-state index in [-0.39, 0.29) is 16.2 Å². The van der Waals surface area contributed by atoms with Crippen molar-refractivity contribution in [2.45, 2.75) is 25.7 Å². The van der Waals surface area contributed by atoms with E-state index in [9.17, 15) is 18.0 Å². The molecule has 2 rings (SSSR count). The maximum atomic E-state index is 12.7. The van der Waals surface area contributed by atoms with E-state index in [4.69, 9.17) is 9.47 Å². The highest BCUT2D eigenvalue weighted by Crippen LogP contribution is 2.20. The van der Waals surface area contributed by atoms with Crippen molar-refractivity contribution in [3.05, 3.63) is 59.2 Å². The van der Waals surface area contributed by atoms with Crippen LogP contribution in [0.3, 0.4) is 0 Å². The number of benzene rings is 2. The number of carbonyl (C=O) groups is 2. The standard InChI is InChI=1S/C21H25NO6S/c1-5-22(6-2)29(25,26)18-11-10-15(3)19(13-18)21(24)28-14-20(23)16-8-7-9-17(12-16)27-4/h7-13H,5-6,14H2,1-4H3. The third-order valence-electron chi connectivity index (χ3n) is 4.50. The van der Waals surface area contributed by atoms with Gasteiger partial charge in [0, 0.05) is 18.7 Å². The van der Waals surface area contributed by atoms with Gasteiger partial charge in [-0.3, -0.25) is 4.79 Å². The van der Waals surface area contributed by atoms with Gasteiger partial charge in [-0.05, 0) is 36.8 Å². The summed E-state index contributed by atoms with van der Waals surface area (Å²) in [4.78, 5) is 24.8. The van der Waals surface area contributed by atoms with Crippen molar-refractivity contribution < 1.29 is 27.5 Å². The van der Waals surface area contributed by atoms with Crippen molar-refractivity contribution >= 4 is 21.8 Å². The summed E-state index contributed by atoms with van der Waals surface area (Å²) < 4.78 is 36.9. The Morgan fingerprint density at radius 2 is 1.72 bits per heavy atom. The highest BCUT2D eigenvalue weighted by Gasteiger charge is 2.24. The molecule has 0 saturated carbocycles. The van der Waals surface area contributed by atoms with Crippen LogP contribution in [0.2, 0.25) is 0 Å². The van der Waals surface area contributed by atoms with Crippen LogP contribution in [0.1, 0.15) is 40.1 Å². The molecule has 0 unspecified atom stereocenters. The zero-order valence-corrected chi connectivity index (χ0v) is 17.8. The second-order valence-corrected chi connectivity index (χ2v) is 8.24. The van der Waals surface area contributed by atoms with E-state index >= 15 is 0 Å². The van der Waals surface area contributed by atoms with Gasteiger partial charge < -0.3 is 9.47 Å². The Hall–Kier alpha value is -2.71. The Balaban J connectivity index is 2.19. The molecule has 0 heterocycles. The zero-order valence-electron chi connectivity index (χ0n) is 17.0. The Kier molecular flexibility index (Phi) is 7.53. The first-order valence-electron chi connectivity index (χ1n) is 9.19. The van der Waals surface area contributed by atoms with Gasteiger partial charge in [0.15, 0.2) is 12.4 Å². The maximum Gasteiger partial charge on any atom is 0.338 e. The van der Waals surface area contributed by atoms with Crippen molar-refractivity contribution in [3.8, 4) is 5.75 Å². The first-order valence-corrected chi connectivity index (χ1v) is 10.6. The summed E-state index contributed by atoms with van der Waals surface area (Å²) >= 11 is 0. The van der Waals surface area contributed by atoms with Crippen LogP contribution in [0.15, 0.2) is 47.4 Å². The number of methoxy groups -OCH3 is 1. The SMILES string of the molecule is CCN(CC)S(=O)(=O)c1ccc(C)c(C(=O)OCC(=O)c2cccc(OC)c2)c1. The van der Waals surface area contributed by atoms with Crippen molar-refractivity contribution in [2.75, 3.05) is 26.8 Å². The minimum Gasteiger partial charge on any atom is -0.497 e. The van der Waals surface area contributed by atoms with E-state index in [1.54, 1.807) is 51.1 Å². The molecule has 29 heavy (non-hydrogen) atoms. The van der Waals surface area contributed by atoms with E-state index < -0.39 is 22.6 Å². The molecule has 2 aromatic carbocycles. The van der Waals surface area contributed by atoms with Crippen LogP contribution in [-0.2, 0) is 14.8 Å². The number of carbonyl (C=O) groups excluding carboxylic acids is 2. The highest BCUT2D eigenvalue weighted by atomic mass is 32.2. The predicted octanol–water partition coefficient (Wildman–Crippen LogP) is 3.07. The molecule has 0 aliphatic carbocycles. The van der Waals surface area contributed by atoms with Gasteiger partial charge in [0.1, 0.15) is 5.75 Å². The largest absolute Gasteiger partial charge is 0.497 e. The molecule has 156 valence electrons. The van der Waals surface area contributed by atoms with E-state index in [0.717, 1.165) is 0 Å². The summed E-state index contributed by atoms with van der Waals surface area (Å²) in [5, 5.41) is 0. The topological polar surface area (TPSA) is 90.0 Å². The molecule has 0 spiro atoms. The fraction of sp³-hybridized carbons (Fsp3) is 0.333. The number of aryl methyl sites for hydroxylation is 1. The Labute approximate surface area is 171 Å². The zero-order chi connectivity index (χ0) is 21.6. The first-order chi connectivity index (χ1) is 13.7. The average molecular weight is 419 g/mol. The smallest absolute Gasteiger partial charge is 0.338 e. The molecule has 0 atom stereocenters. The maximum absolute atomic E-state index is 12.7. The normalized spacial score (nSPS) is 11.3. The molecule has 7 nitrogen and oxygen atoms in total. The minimum absolute atomic E-state index is 0.0119. The van der Waals surface area contributed by atoms with Gasteiger partial charge >= 0.3 is 5.97 Å². The molecule has 0 radical (unpaired) electrons. The van der Waals surface area contributed by atoms with Gasteiger partial charge in [-0.25, -0.2) is 13.2 Å². The number of esters is 1. The van der Waals surface area contributed by atoms with Crippen LogP contribution in [0, 0.1) is 6.92 Å². The molecule has 0 saturated heterocycles. The average Bonchev–Trinajstić information content (AvgIpc) is 2.72. The van der Waals surface area contributed by atoms with Gasteiger partial charge in [0.05, 0.1) is 17.6 Å². The van der Waals surface area contributed by atoms with Crippen LogP contribution in [-0.4, -0.2) is 51.3 Å². The first kappa shape index (κ1) is 22.6. The molecule has 0 aliphatic heterocycles. The third kappa shape index (κ3) is 5.21. The van der Waals surface area contributed by atoms with Gasteiger partial charge in [0.2, 0.25) is 10.0 Å². The van der Waals surface area contributed by atoms with Crippen LogP contribution in [0.5, 0.6) is 5.75 Å². The van der Waals surface area contributed by atoms with Gasteiger partial charge in [-0.1, -0.05) is 32.0 Å². The van der Waals surface area contributed by atoms with Gasteiger partial charge in [0.25, 0.3) is 0 Å². The number of rotatable bonds is 9. The van der Waals surface area contributed by atoms with Crippen molar-refractivity contribution in [2.24, 2.45) is 0 Å². The molecule has 0 N–H and O–H groups in total. The predicted molar refractivity (Wildman–Crippen MR) is 109 cm³/mol. The Bertz CT molecular complexity index is 996. The summed E-state index contributed by atoms with van der Waals surface area (Å²) in [6.07, 6.45) is 0. The van der Waals surface area contributed by atoms with E-state index in [0.29, 0.717) is 30.0 Å². The number of sulfonamides is 1. The molecular formula is C21H25NO6S. The number of hydrogen-bond donors (Lipinski definition) is 0. The summed E-state index contributed by atoms with van der Waals surface area (Å²) in [7, 11) is -2.22. The van der Waals surface area contributed by atoms with Crippen LogP contribution in [0.25, 0.3) is 0 Å². The third-order valence-corrected chi connectivity index (χ3v) is 6.54. The van der Waals surface area contributed by atoms with Crippen LogP contribution < -0.4 is 4.74 Å². The number of ether oxygens (including phenoxy) is 2. The molecule has 2 aromatic rings. The summed E-state index contributed by atoms with van der Waals surface area (Å²) in [5.74, 6) is -0.621. The summed E-state index contributed by atoms with van der Waals surface area (Å²) in [5.41, 5.74) is 1.02. The summed E-state index contributed by atoms with van der Waals surface area (Å²) in [6, 6.07) is 10.8. The lowest BCUT2D eigenvalue weighted by Crippen LogP contribution is -2.30. The van der Waals surface area contributed by atoms with Gasteiger partial charge in [-0.2, -0.15) is 4.31 Å². The highest BCUT2D eigenvalue weighted by molar-refractivity contribution is 7.89. The minimum atomic E-state index is -3.71. The van der Waals surface area contributed by atoms with Crippen molar-refractivity contribution in [1.29, 1.82) is 0 Å². The molecular weight excluding hydrogens is 394 g/mol. The molecule has 8 heteroatoms. The van der Waals surface area contributed by atoms with Gasteiger partial charge in [-0.15, -0.1) is 0 Å². The number of nitrogens with zero attached hydrogens (tertiary/aromatic N) is 1. The fourth-order valence-electron chi connectivity index (χ4n) is 2.78. The lowest BCUT2D eigenvalue weighted by molar-refractivity contribution is 0.0473. The van der Waals surface area contributed by atoms with Crippen molar-refractivity contribution in [3.63, 3.8) is 0 Å². The lowest BCUT2D eigenvalue weighted by Gasteiger charge is -2.19. The summed E-state index contributed by atoms with van der Waals surface area (Å²) in [6.45, 7) is 5.35. The second-order valence-electron chi connectivity index (χ2n) is 6.30. The van der Waals surface area contributed by atoms with E-state index in [2.05, 4.69) is 0 Å². The number of hydrogen-bond acceptors (Lipinski definition) is 6. The van der Waals surface area contributed by atoms with Crippen LogP contribution in [0.4, 0.5) is 0 Å². The molecule has 0 aromatic heterocycles. The molecule has 0 fully saturated rings. The quantitative estimate of drug-likeness (QED) is 0.458. The lowest BCUT2D eigenvalue weighted by atomic mass is 10.1. The molecule has 0 bridgehead atoms. The Morgan fingerprint density at radius 3 is 2.34 bits per heavy atom. The second kappa shape index (κ2) is 9.67. The molecule has 0 aliphatic rings. The monoisotopic (exact) mass is 419 g/mol. The van der Waals surface area contributed by atoms with Crippen molar-refractivity contribution in [1.82, 2.24) is 4.31 Å². The Morgan fingerprint density at radius 1 is 1.03 bits per heavy atom. The molecule has 0 amide bonds.